The van der Waals surface area contributed by atoms with E-state index in [4.69, 9.17) is 5.11 Å². The topological polar surface area (TPSA) is 40.5 Å². The summed E-state index contributed by atoms with van der Waals surface area (Å²) in [5, 5.41) is 8.79. The maximum Gasteiger partial charge on any atom is 0.306 e. The number of aliphatic carboxylic acids is 1. The second kappa shape index (κ2) is 5.15. The molecule has 1 heterocycles. The Kier molecular flexibility index (Phi) is 4.14. The average molecular weight is 197 g/mol. The molecule has 0 aromatic rings. The van der Waals surface area contributed by atoms with Crippen molar-refractivity contribution in [3.05, 3.63) is 12.7 Å². The maximum absolute atomic E-state index is 10.7. The summed E-state index contributed by atoms with van der Waals surface area (Å²) in [5.74, 6) is -0.498. The van der Waals surface area contributed by atoms with Crippen molar-refractivity contribution in [2.45, 2.75) is 19.8 Å². The number of carboxylic acids is 1. The van der Waals surface area contributed by atoms with Crippen LogP contribution in [0.4, 0.5) is 0 Å². The van der Waals surface area contributed by atoms with Crippen LogP contribution in [0.25, 0.3) is 0 Å². The molecule has 0 bridgehead atoms. The van der Waals surface area contributed by atoms with Crippen LogP contribution in [-0.4, -0.2) is 35.6 Å². The van der Waals surface area contributed by atoms with Gasteiger partial charge in [0.2, 0.25) is 0 Å². The van der Waals surface area contributed by atoms with E-state index in [0.29, 0.717) is 5.92 Å². The molecule has 1 unspecified atom stereocenters. The van der Waals surface area contributed by atoms with Crippen molar-refractivity contribution >= 4 is 5.97 Å². The van der Waals surface area contributed by atoms with Crippen LogP contribution in [0.1, 0.15) is 19.8 Å². The summed E-state index contributed by atoms with van der Waals surface area (Å²) < 4.78 is 0. The number of likely N-dealkylation sites (tertiary alicyclic amines) is 1. The van der Waals surface area contributed by atoms with Gasteiger partial charge in [-0.2, -0.15) is 0 Å². The number of carbonyl (C=O) groups is 1. The lowest BCUT2D eigenvalue weighted by molar-refractivity contribution is -0.145. The minimum absolute atomic E-state index is 0.189. The van der Waals surface area contributed by atoms with E-state index in [-0.39, 0.29) is 5.92 Å². The Balaban J connectivity index is 2.10. The highest BCUT2D eigenvalue weighted by Crippen LogP contribution is 2.24. The molecule has 0 aliphatic carbocycles. The standard InChI is InChI=1S/C11H19NO2/c1-3-4-5-6-12-7-10(8-12)9(2)11(13)14/h3,9-10H,1,4-8H2,2H3,(H,13,14). The quantitative estimate of drug-likeness (QED) is 0.519. The van der Waals surface area contributed by atoms with Crippen LogP contribution in [0.2, 0.25) is 0 Å². The number of nitrogens with zero attached hydrogens (tertiary/aromatic N) is 1. The highest BCUT2D eigenvalue weighted by Gasteiger charge is 2.33. The van der Waals surface area contributed by atoms with Gasteiger partial charge in [-0.1, -0.05) is 13.0 Å². The summed E-state index contributed by atoms with van der Waals surface area (Å²) in [6, 6.07) is 0. The number of carboxylic acid groups (broad SMARTS) is 1. The fourth-order valence-electron chi connectivity index (χ4n) is 1.77. The predicted octanol–water partition coefficient (Wildman–Crippen LogP) is 1.61. The molecule has 1 aliphatic rings. The molecule has 3 heteroatoms. The lowest BCUT2D eigenvalue weighted by atomic mass is 9.87. The monoisotopic (exact) mass is 197 g/mol. The average Bonchev–Trinajstić information content (AvgIpc) is 2.08. The van der Waals surface area contributed by atoms with Crippen LogP contribution in [0, 0.1) is 11.8 Å². The summed E-state index contributed by atoms with van der Waals surface area (Å²) in [6.07, 6.45) is 4.12. The smallest absolute Gasteiger partial charge is 0.306 e. The molecule has 1 atom stereocenters. The zero-order valence-corrected chi connectivity index (χ0v) is 8.78. The van der Waals surface area contributed by atoms with E-state index in [9.17, 15) is 4.79 Å². The zero-order valence-electron chi connectivity index (χ0n) is 8.78. The van der Waals surface area contributed by atoms with Gasteiger partial charge >= 0.3 is 5.97 Å². The lowest BCUT2D eigenvalue weighted by Crippen LogP contribution is -2.51. The molecule has 0 amide bonds. The molecule has 0 radical (unpaired) electrons. The van der Waals surface area contributed by atoms with Gasteiger partial charge in [-0.3, -0.25) is 4.79 Å². The predicted molar refractivity (Wildman–Crippen MR) is 56.2 cm³/mol. The lowest BCUT2D eigenvalue weighted by Gasteiger charge is -2.41. The van der Waals surface area contributed by atoms with Gasteiger partial charge < -0.3 is 10.0 Å². The second-order valence-corrected chi connectivity index (χ2v) is 4.08. The summed E-state index contributed by atoms with van der Waals surface area (Å²) in [5.41, 5.74) is 0. The van der Waals surface area contributed by atoms with Crippen LogP contribution in [0.5, 0.6) is 0 Å². The van der Waals surface area contributed by atoms with Gasteiger partial charge in [-0.25, -0.2) is 0 Å². The van der Waals surface area contributed by atoms with Crippen molar-refractivity contribution in [2.24, 2.45) is 11.8 Å². The van der Waals surface area contributed by atoms with E-state index < -0.39 is 5.97 Å². The molecule has 80 valence electrons. The van der Waals surface area contributed by atoms with Crippen molar-refractivity contribution in [1.82, 2.24) is 4.90 Å². The van der Waals surface area contributed by atoms with Gasteiger partial charge in [0, 0.05) is 13.1 Å². The Hall–Kier alpha value is -0.830. The fraction of sp³-hybridized carbons (Fsp3) is 0.727. The van der Waals surface area contributed by atoms with E-state index in [1.165, 1.54) is 0 Å². The molecular weight excluding hydrogens is 178 g/mol. The summed E-state index contributed by atoms with van der Waals surface area (Å²) in [4.78, 5) is 13.0. The molecule has 1 saturated heterocycles. The SMILES string of the molecule is C=CCCCN1CC(C(C)C(=O)O)C1. The molecule has 0 aromatic carbocycles. The molecule has 1 fully saturated rings. The normalized spacial score (nSPS) is 20.1. The first kappa shape index (κ1) is 11.2. The minimum Gasteiger partial charge on any atom is -0.481 e. The van der Waals surface area contributed by atoms with Crippen LogP contribution < -0.4 is 0 Å². The molecule has 14 heavy (non-hydrogen) atoms. The molecular formula is C11H19NO2. The van der Waals surface area contributed by atoms with Crippen molar-refractivity contribution < 1.29 is 9.90 Å². The molecule has 0 saturated carbocycles. The van der Waals surface area contributed by atoms with E-state index in [1.54, 1.807) is 6.92 Å². The first-order valence-electron chi connectivity index (χ1n) is 5.21. The summed E-state index contributed by atoms with van der Waals surface area (Å²) >= 11 is 0. The van der Waals surface area contributed by atoms with Gasteiger partial charge in [0.05, 0.1) is 5.92 Å². The second-order valence-electron chi connectivity index (χ2n) is 4.08. The molecule has 1 rings (SSSR count). The molecule has 1 N–H and O–H groups in total. The number of hydrogen-bond acceptors (Lipinski definition) is 2. The van der Waals surface area contributed by atoms with Gasteiger partial charge in [0.15, 0.2) is 0 Å². The third kappa shape index (κ3) is 2.84. The van der Waals surface area contributed by atoms with E-state index in [0.717, 1.165) is 32.5 Å². The van der Waals surface area contributed by atoms with Crippen molar-refractivity contribution in [2.75, 3.05) is 19.6 Å². The van der Waals surface area contributed by atoms with Gasteiger partial charge in [0.25, 0.3) is 0 Å². The van der Waals surface area contributed by atoms with Crippen molar-refractivity contribution in [1.29, 1.82) is 0 Å². The zero-order chi connectivity index (χ0) is 10.6. The molecule has 0 aromatic heterocycles. The Labute approximate surface area is 85.4 Å². The Morgan fingerprint density at radius 2 is 2.36 bits per heavy atom. The highest BCUT2D eigenvalue weighted by atomic mass is 16.4. The van der Waals surface area contributed by atoms with Crippen LogP contribution >= 0.6 is 0 Å². The van der Waals surface area contributed by atoms with Crippen molar-refractivity contribution in [3.8, 4) is 0 Å². The first-order valence-corrected chi connectivity index (χ1v) is 5.21. The third-order valence-corrected chi connectivity index (χ3v) is 2.96. The molecule has 3 nitrogen and oxygen atoms in total. The van der Waals surface area contributed by atoms with E-state index in [1.807, 2.05) is 6.08 Å². The number of unbranched alkanes of at least 4 members (excludes halogenated alkanes) is 1. The number of hydrogen-bond donors (Lipinski definition) is 1. The fourth-order valence-corrected chi connectivity index (χ4v) is 1.77. The number of allylic oxidation sites excluding steroid dienone is 1. The van der Waals surface area contributed by atoms with Gasteiger partial charge in [-0.05, 0) is 25.3 Å². The highest BCUT2D eigenvalue weighted by molar-refractivity contribution is 5.70. The van der Waals surface area contributed by atoms with Crippen molar-refractivity contribution in [3.63, 3.8) is 0 Å². The summed E-state index contributed by atoms with van der Waals surface area (Å²) in [7, 11) is 0. The van der Waals surface area contributed by atoms with E-state index in [2.05, 4.69) is 11.5 Å². The van der Waals surface area contributed by atoms with Crippen LogP contribution in [-0.2, 0) is 4.79 Å². The maximum atomic E-state index is 10.7. The Bertz CT molecular complexity index is 209. The van der Waals surface area contributed by atoms with E-state index >= 15 is 0 Å². The molecule has 0 spiro atoms. The largest absolute Gasteiger partial charge is 0.481 e. The minimum atomic E-state index is -0.666. The summed E-state index contributed by atoms with van der Waals surface area (Å²) in [6.45, 7) is 8.45. The van der Waals surface area contributed by atoms with Crippen LogP contribution in [0.3, 0.4) is 0 Å². The number of rotatable bonds is 6. The Morgan fingerprint density at radius 3 is 2.86 bits per heavy atom. The van der Waals surface area contributed by atoms with Crippen LogP contribution in [0.15, 0.2) is 12.7 Å². The molecule has 1 aliphatic heterocycles. The Morgan fingerprint density at radius 1 is 1.71 bits per heavy atom. The third-order valence-electron chi connectivity index (χ3n) is 2.96. The first-order chi connectivity index (χ1) is 6.65. The van der Waals surface area contributed by atoms with Gasteiger partial charge in [-0.15, -0.1) is 6.58 Å². The van der Waals surface area contributed by atoms with Gasteiger partial charge in [0.1, 0.15) is 0 Å².